The third-order valence-corrected chi connectivity index (χ3v) is 5.07. The number of carbonyl (C=O) groups excluding carboxylic acids is 1. The second-order valence-corrected chi connectivity index (χ2v) is 6.86. The molecule has 1 saturated heterocycles. The Hall–Kier alpha value is -2.44. The summed E-state index contributed by atoms with van der Waals surface area (Å²) in [6, 6.07) is 13.7. The monoisotopic (exact) mass is 403 g/mol. The fraction of sp³-hybridized carbons (Fsp3) is 0.333. The van der Waals surface area contributed by atoms with Gasteiger partial charge in [0.05, 0.1) is 5.39 Å². The van der Waals surface area contributed by atoms with Gasteiger partial charge in [0.15, 0.2) is 17.2 Å². The zero-order valence-electron chi connectivity index (χ0n) is 15.5. The number of piperazine rings is 1. The molecular weight excluding hydrogens is 381 g/mol. The normalized spacial score (nSPS) is 14.8. The van der Waals surface area contributed by atoms with Gasteiger partial charge in [0.2, 0.25) is 0 Å². The van der Waals surface area contributed by atoms with E-state index in [1.807, 2.05) is 24.3 Å². The number of nitrogens with zero attached hydrogens (tertiary/aromatic N) is 3. The number of para-hydroxylation sites is 1. The van der Waals surface area contributed by atoms with E-state index < -0.39 is 0 Å². The maximum atomic E-state index is 12.9. The summed E-state index contributed by atoms with van der Waals surface area (Å²) in [6.45, 7) is 4.54. The van der Waals surface area contributed by atoms with E-state index in [1.54, 1.807) is 12.1 Å². The van der Waals surface area contributed by atoms with Crippen molar-refractivity contribution < 1.29 is 13.7 Å². The first kappa shape index (κ1) is 20.3. The third kappa shape index (κ3) is 4.51. The zero-order chi connectivity index (χ0) is 18.6. The number of ketones is 1. The van der Waals surface area contributed by atoms with Gasteiger partial charge in [0.1, 0.15) is 5.82 Å². The van der Waals surface area contributed by atoms with Gasteiger partial charge >= 0.3 is 0 Å². The minimum absolute atomic E-state index is 0. The summed E-state index contributed by atoms with van der Waals surface area (Å²) in [5.41, 5.74) is 1.40. The molecule has 0 N–H and O–H groups in total. The van der Waals surface area contributed by atoms with Crippen molar-refractivity contribution in [2.24, 2.45) is 0 Å². The van der Waals surface area contributed by atoms with Crippen molar-refractivity contribution in [3.63, 3.8) is 0 Å². The number of benzene rings is 2. The van der Waals surface area contributed by atoms with Crippen molar-refractivity contribution in [1.29, 1.82) is 0 Å². The first-order chi connectivity index (χ1) is 13.2. The van der Waals surface area contributed by atoms with Crippen LogP contribution in [0.4, 0.5) is 10.2 Å². The number of Topliss-reactive ketones (excluding diaryl/α,β-unsaturated/α-hetero) is 1. The molecule has 2 aromatic carbocycles. The van der Waals surface area contributed by atoms with Crippen LogP contribution in [0.2, 0.25) is 0 Å². The van der Waals surface area contributed by atoms with Gasteiger partial charge in [-0.15, -0.1) is 12.4 Å². The number of fused-ring (bicyclic) bond motifs is 1. The van der Waals surface area contributed by atoms with E-state index >= 15 is 0 Å². The molecule has 7 heteroatoms. The average Bonchev–Trinajstić information content (AvgIpc) is 3.13. The van der Waals surface area contributed by atoms with Crippen LogP contribution in [-0.4, -0.2) is 48.6 Å². The molecule has 4 rings (SSSR count). The Bertz CT molecular complexity index is 921. The topological polar surface area (TPSA) is 49.6 Å². The lowest BCUT2D eigenvalue weighted by Gasteiger charge is -2.34. The first-order valence-corrected chi connectivity index (χ1v) is 9.31. The average molecular weight is 404 g/mol. The fourth-order valence-electron chi connectivity index (χ4n) is 3.53. The van der Waals surface area contributed by atoms with Gasteiger partial charge in [-0.2, -0.15) is 0 Å². The van der Waals surface area contributed by atoms with Crippen molar-refractivity contribution in [1.82, 2.24) is 10.1 Å². The highest BCUT2D eigenvalue weighted by Gasteiger charge is 2.21. The molecule has 0 spiro atoms. The molecule has 1 fully saturated rings. The van der Waals surface area contributed by atoms with E-state index in [4.69, 9.17) is 4.52 Å². The van der Waals surface area contributed by atoms with Gasteiger partial charge in [0.25, 0.3) is 0 Å². The van der Waals surface area contributed by atoms with Crippen LogP contribution in [0.3, 0.4) is 0 Å². The van der Waals surface area contributed by atoms with Gasteiger partial charge in [-0.1, -0.05) is 17.3 Å². The van der Waals surface area contributed by atoms with Crippen LogP contribution in [0.25, 0.3) is 11.0 Å². The number of hydrogen-bond donors (Lipinski definition) is 0. The summed E-state index contributed by atoms with van der Waals surface area (Å²) in [5.74, 6) is 0.670. The number of rotatable bonds is 6. The van der Waals surface area contributed by atoms with Crippen LogP contribution in [0.1, 0.15) is 23.2 Å². The van der Waals surface area contributed by atoms with Crippen LogP contribution in [0.5, 0.6) is 0 Å². The van der Waals surface area contributed by atoms with Gasteiger partial charge in [-0.05, 0) is 49.4 Å². The first-order valence-electron chi connectivity index (χ1n) is 9.31. The van der Waals surface area contributed by atoms with Crippen LogP contribution in [0, 0.1) is 5.82 Å². The lowest BCUT2D eigenvalue weighted by atomic mass is 10.1. The number of hydrogen-bond acceptors (Lipinski definition) is 5. The molecule has 0 aliphatic carbocycles. The Balaban J connectivity index is 0.00000225. The highest BCUT2D eigenvalue weighted by atomic mass is 35.5. The molecule has 148 valence electrons. The lowest BCUT2D eigenvalue weighted by Crippen LogP contribution is -2.46. The SMILES string of the molecule is Cl.O=C(CCCN1CCN(c2noc3ccccc23)CC1)c1ccc(F)cc1. The summed E-state index contributed by atoms with van der Waals surface area (Å²) in [4.78, 5) is 16.8. The van der Waals surface area contributed by atoms with E-state index in [0.29, 0.717) is 12.0 Å². The van der Waals surface area contributed by atoms with Crippen molar-refractivity contribution in [2.75, 3.05) is 37.6 Å². The standard InChI is InChI=1S/C21H22FN3O2.ClH/c22-17-9-7-16(8-10-17)19(26)5-3-11-24-12-14-25(15-13-24)21-18-4-1-2-6-20(18)27-23-21;/h1-2,4,6-10H,3,5,11-15H2;1H. The van der Waals surface area contributed by atoms with E-state index in [0.717, 1.165) is 55.9 Å². The number of aromatic nitrogens is 1. The Morgan fingerprint density at radius 3 is 2.50 bits per heavy atom. The highest BCUT2D eigenvalue weighted by Crippen LogP contribution is 2.26. The smallest absolute Gasteiger partial charge is 0.180 e. The molecule has 2 heterocycles. The van der Waals surface area contributed by atoms with E-state index in [-0.39, 0.29) is 24.0 Å². The van der Waals surface area contributed by atoms with Crippen LogP contribution < -0.4 is 4.90 Å². The van der Waals surface area contributed by atoms with Crippen LogP contribution in [-0.2, 0) is 0 Å². The molecule has 0 radical (unpaired) electrons. The summed E-state index contributed by atoms with van der Waals surface area (Å²) >= 11 is 0. The van der Waals surface area contributed by atoms with Gasteiger partial charge in [0, 0.05) is 38.2 Å². The largest absolute Gasteiger partial charge is 0.354 e. The number of carbonyl (C=O) groups is 1. The van der Waals surface area contributed by atoms with Crippen LogP contribution >= 0.6 is 12.4 Å². The summed E-state index contributed by atoms with van der Waals surface area (Å²) in [7, 11) is 0. The van der Waals surface area contributed by atoms with Crippen molar-refractivity contribution in [2.45, 2.75) is 12.8 Å². The van der Waals surface area contributed by atoms with Crippen molar-refractivity contribution in [3.05, 3.63) is 59.9 Å². The summed E-state index contributed by atoms with van der Waals surface area (Å²) in [5, 5.41) is 5.28. The Kier molecular flexibility index (Phi) is 6.65. The van der Waals surface area contributed by atoms with E-state index in [1.165, 1.54) is 12.1 Å². The molecular formula is C21H23ClFN3O2. The predicted molar refractivity (Wildman–Crippen MR) is 110 cm³/mol. The molecule has 5 nitrogen and oxygen atoms in total. The predicted octanol–water partition coefficient (Wildman–Crippen LogP) is 4.17. The van der Waals surface area contributed by atoms with E-state index in [9.17, 15) is 9.18 Å². The quantitative estimate of drug-likeness (QED) is 0.578. The summed E-state index contributed by atoms with van der Waals surface area (Å²) < 4.78 is 18.3. The van der Waals surface area contributed by atoms with Gasteiger partial charge in [-0.3, -0.25) is 9.69 Å². The number of anilines is 1. The van der Waals surface area contributed by atoms with Crippen molar-refractivity contribution >= 4 is 35.0 Å². The molecule has 28 heavy (non-hydrogen) atoms. The van der Waals surface area contributed by atoms with Crippen LogP contribution in [0.15, 0.2) is 53.1 Å². The molecule has 0 unspecified atom stereocenters. The maximum Gasteiger partial charge on any atom is 0.180 e. The molecule has 0 atom stereocenters. The Morgan fingerprint density at radius 1 is 1.04 bits per heavy atom. The molecule has 0 amide bonds. The zero-order valence-corrected chi connectivity index (χ0v) is 16.3. The second-order valence-electron chi connectivity index (χ2n) is 6.86. The van der Waals surface area contributed by atoms with Crippen molar-refractivity contribution in [3.8, 4) is 0 Å². The fourth-order valence-corrected chi connectivity index (χ4v) is 3.53. The molecule has 1 aliphatic heterocycles. The Labute approximate surface area is 169 Å². The van der Waals surface area contributed by atoms with E-state index in [2.05, 4.69) is 15.0 Å². The molecule has 1 aliphatic rings. The molecule has 0 bridgehead atoms. The summed E-state index contributed by atoms with van der Waals surface area (Å²) in [6.07, 6.45) is 1.29. The van der Waals surface area contributed by atoms with Gasteiger partial charge < -0.3 is 9.42 Å². The Morgan fingerprint density at radius 2 is 1.75 bits per heavy atom. The maximum absolute atomic E-state index is 12.9. The van der Waals surface area contributed by atoms with Gasteiger partial charge in [-0.25, -0.2) is 4.39 Å². The minimum atomic E-state index is -0.315. The highest BCUT2D eigenvalue weighted by molar-refractivity contribution is 5.96. The number of halogens is 2. The molecule has 3 aromatic rings. The molecule has 0 saturated carbocycles. The molecule has 1 aromatic heterocycles. The minimum Gasteiger partial charge on any atom is -0.354 e. The third-order valence-electron chi connectivity index (χ3n) is 5.07. The second kappa shape index (κ2) is 9.17. The lowest BCUT2D eigenvalue weighted by molar-refractivity contribution is 0.0974.